The van der Waals surface area contributed by atoms with Crippen LogP contribution in [-0.4, -0.2) is 11.8 Å². The van der Waals surface area contributed by atoms with Crippen LogP contribution in [0.2, 0.25) is 0 Å². The van der Waals surface area contributed by atoms with Gasteiger partial charge < -0.3 is 10.6 Å². The van der Waals surface area contributed by atoms with E-state index in [1.54, 1.807) is 12.1 Å². The number of anilines is 2. The zero-order valence-electron chi connectivity index (χ0n) is 15.5. The molecule has 27 heavy (non-hydrogen) atoms. The molecule has 4 nitrogen and oxygen atoms in total. The molecule has 144 valence electrons. The molecule has 0 aliphatic carbocycles. The predicted molar refractivity (Wildman–Crippen MR) is 98.4 cm³/mol. The highest BCUT2D eigenvalue weighted by Crippen LogP contribution is 2.35. The molecule has 7 heteroatoms. The molecular formula is C20H21F3N2O2. The van der Waals surface area contributed by atoms with Gasteiger partial charge in [-0.3, -0.25) is 9.59 Å². The molecule has 0 heterocycles. The number of nitrogens with one attached hydrogen (secondary N) is 2. The number of carbonyl (C=O) groups excluding carboxylic acids is 2. The summed E-state index contributed by atoms with van der Waals surface area (Å²) in [4.78, 5) is 25.2. The Bertz CT molecular complexity index is 874. The molecule has 0 fully saturated rings. The van der Waals surface area contributed by atoms with Crippen LogP contribution >= 0.6 is 0 Å². The molecule has 0 atom stereocenters. The average Bonchev–Trinajstić information content (AvgIpc) is 2.58. The summed E-state index contributed by atoms with van der Waals surface area (Å²) in [5.41, 5.74) is -0.573. The van der Waals surface area contributed by atoms with E-state index in [2.05, 4.69) is 10.6 Å². The Balaban J connectivity index is 2.23. The first-order chi connectivity index (χ1) is 12.4. The average molecular weight is 378 g/mol. The number of hydrogen-bond acceptors (Lipinski definition) is 2. The van der Waals surface area contributed by atoms with Gasteiger partial charge in [0.1, 0.15) is 5.41 Å². The molecule has 0 aliphatic heterocycles. The second-order valence-electron chi connectivity index (χ2n) is 6.82. The number of amides is 2. The summed E-state index contributed by atoms with van der Waals surface area (Å²) in [6, 6.07) is 10.00. The van der Waals surface area contributed by atoms with Crippen LogP contribution in [0.15, 0.2) is 42.5 Å². The molecule has 0 saturated carbocycles. The number of para-hydroxylation sites is 1. The molecule has 2 rings (SSSR count). The van der Waals surface area contributed by atoms with Crippen LogP contribution in [0.4, 0.5) is 24.5 Å². The number of carbonyl (C=O) groups is 2. The standard InChI is InChI=1S/C20H21F3N2O2/c1-12-8-7-11-15(13(12)2)24-17(26)19(3,4)18(27)25-16-10-6-5-9-14(16)20(21,22)23/h5-11H,1-4H3,(H,24,26)(H,25,27). The van der Waals surface area contributed by atoms with Crippen molar-refractivity contribution in [2.24, 2.45) is 5.41 Å². The highest BCUT2D eigenvalue weighted by Gasteiger charge is 2.39. The van der Waals surface area contributed by atoms with Crippen molar-refractivity contribution < 1.29 is 22.8 Å². The van der Waals surface area contributed by atoms with Gasteiger partial charge in [0, 0.05) is 5.69 Å². The number of aryl methyl sites for hydroxylation is 1. The highest BCUT2D eigenvalue weighted by molar-refractivity contribution is 6.14. The van der Waals surface area contributed by atoms with Crippen molar-refractivity contribution in [2.75, 3.05) is 10.6 Å². The van der Waals surface area contributed by atoms with E-state index in [-0.39, 0.29) is 5.69 Å². The predicted octanol–water partition coefficient (Wildman–Crippen LogP) is 4.93. The molecule has 2 aromatic carbocycles. The quantitative estimate of drug-likeness (QED) is 0.742. The van der Waals surface area contributed by atoms with Crippen molar-refractivity contribution >= 4 is 23.2 Å². The fraction of sp³-hybridized carbons (Fsp3) is 0.300. The molecule has 2 aromatic rings. The Morgan fingerprint density at radius 3 is 1.93 bits per heavy atom. The van der Waals surface area contributed by atoms with Crippen LogP contribution < -0.4 is 10.6 Å². The number of halogens is 3. The molecule has 0 aromatic heterocycles. The second-order valence-corrected chi connectivity index (χ2v) is 6.82. The molecule has 0 unspecified atom stereocenters. The van der Waals surface area contributed by atoms with Crippen molar-refractivity contribution in [3.8, 4) is 0 Å². The molecule has 2 N–H and O–H groups in total. The first-order valence-electron chi connectivity index (χ1n) is 8.30. The van der Waals surface area contributed by atoms with Crippen LogP contribution in [0.5, 0.6) is 0 Å². The maximum absolute atomic E-state index is 13.1. The van der Waals surface area contributed by atoms with Crippen LogP contribution in [0, 0.1) is 19.3 Å². The Morgan fingerprint density at radius 1 is 0.815 bits per heavy atom. The summed E-state index contributed by atoms with van der Waals surface area (Å²) >= 11 is 0. The van der Waals surface area contributed by atoms with E-state index >= 15 is 0 Å². The van der Waals surface area contributed by atoms with E-state index in [1.807, 2.05) is 19.9 Å². The summed E-state index contributed by atoms with van der Waals surface area (Å²) in [6.45, 7) is 6.44. The van der Waals surface area contributed by atoms with Crippen LogP contribution in [0.25, 0.3) is 0 Å². The van der Waals surface area contributed by atoms with Gasteiger partial charge in [-0.1, -0.05) is 24.3 Å². The van der Waals surface area contributed by atoms with Crippen molar-refractivity contribution in [2.45, 2.75) is 33.9 Å². The van der Waals surface area contributed by atoms with Gasteiger partial charge in [-0.05, 0) is 57.0 Å². The summed E-state index contributed by atoms with van der Waals surface area (Å²) in [5, 5.41) is 4.91. The largest absolute Gasteiger partial charge is 0.418 e. The van der Waals surface area contributed by atoms with Crippen molar-refractivity contribution in [1.82, 2.24) is 0 Å². The minimum Gasteiger partial charge on any atom is -0.325 e. The van der Waals surface area contributed by atoms with Gasteiger partial charge in [-0.2, -0.15) is 13.2 Å². The molecular weight excluding hydrogens is 357 g/mol. The first-order valence-corrected chi connectivity index (χ1v) is 8.30. The Morgan fingerprint density at radius 2 is 1.33 bits per heavy atom. The summed E-state index contributed by atoms with van der Waals surface area (Å²) < 4.78 is 39.3. The lowest BCUT2D eigenvalue weighted by Crippen LogP contribution is -2.42. The topological polar surface area (TPSA) is 58.2 Å². The second kappa shape index (κ2) is 7.42. The summed E-state index contributed by atoms with van der Waals surface area (Å²) in [5.74, 6) is -1.44. The maximum Gasteiger partial charge on any atom is 0.418 e. The van der Waals surface area contributed by atoms with Gasteiger partial charge in [0.15, 0.2) is 0 Å². The summed E-state index contributed by atoms with van der Waals surface area (Å²) in [7, 11) is 0. The van der Waals surface area contributed by atoms with Gasteiger partial charge in [0.25, 0.3) is 0 Å². The van der Waals surface area contributed by atoms with Crippen molar-refractivity contribution in [3.05, 3.63) is 59.2 Å². The third kappa shape index (κ3) is 4.48. The van der Waals surface area contributed by atoms with Crippen LogP contribution in [-0.2, 0) is 15.8 Å². The molecule has 0 saturated heterocycles. The number of benzene rings is 2. The fourth-order valence-electron chi connectivity index (χ4n) is 2.39. The van der Waals surface area contributed by atoms with Gasteiger partial charge in [0.2, 0.25) is 11.8 Å². The molecule has 0 spiro atoms. The van der Waals surface area contributed by atoms with Crippen molar-refractivity contribution in [1.29, 1.82) is 0 Å². The molecule has 0 aliphatic rings. The van der Waals surface area contributed by atoms with E-state index in [9.17, 15) is 22.8 Å². The fourth-order valence-corrected chi connectivity index (χ4v) is 2.39. The normalized spacial score (nSPS) is 11.8. The van der Waals surface area contributed by atoms with E-state index in [0.717, 1.165) is 23.3 Å². The maximum atomic E-state index is 13.1. The number of rotatable bonds is 4. The van der Waals surface area contributed by atoms with E-state index in [4.69, 9.17) is 0 Å². The Labute approximate surface area is 155 Å². The lowest BCUT2D eigenvalue weighted by Gasteiger charge is -2.24. The Hall–Kier alpha value is -2.83. The van der Waals surface area contributed by atoms with E-state index in [1.165, 1.54) is 26.0 Å². The third-order valence-electron chi connectivity index (χ3n) is 4.47. The van der Waals surface area contributed by atoms with Gasteiger partial charge in [0.05, 0.1) is 11.3 Å². The third-order valence-corrected chi connectivity index (χ3v) is 4.47. The first kappa shape index (κ1) is 20.5. The highest BCUT2D eigenvalue weighted by atomic mass is 19.4. The van der Waals surface area contributed by atoms with Crippen LogP contribution in [0.1, 0.15) is 30.5 Å². The SMILES string of the molecule is Cc1cccc(NC(=O)C(C)(C)C(=O)Nc2ccccc2C(F)(F)F)c1C. The van der Waals surface area contributed by atoms with E-state index < -0.39 is 29.0 Å². The van der Waals surface area contributed by atoms with Crippen molar-refractivity contribution in [3.63, 3.8) is 0 Å². The Kier molecular flexibility index (Phi) is 5.63. The lowest BCUT2D eigenvalue weighted by atomic mass is 9.90. The summed E-state index contributed by atoms with van der Waals surface area (Å²) in [6.07, 6.45) is -4.62. The van der Waals surface area contributed by atoms with Gasteiger partial charge in [-0.15, -0.1) is 0 Å². The van der Waals surface area contributed by atoms with E-state index in [0.29, 0.717) is 5.69 Å². The monoisotopic (exact) mass is 378 g/mol. The number of alkyl halides is 3. The number of hydrogen-bond donors (Lipinski definition) is 2. The minimum atomic E-state index is -4.62. The molecule has 2 amide bonds. The van der Waals surface area contributed by atoms with Crippen LogP contribution in [0.3, 0.4) is 0 Å². The smallest absolute Gasteiger partial charge is 0.325 e. The minimum absolute atomic E-state index is 0.386. The van der Waals surface area contributed by atoms with Gasteiger partial charge >= 0.3 is 6.18 Å². The molecule has 0 radical (unpaired) electrons. The zero-order valence-corrected chi connectivity index (χ0v) is 15.5. The lowest BCUT2D eigenvalue weighted by molar-refractivity contribution is -0.137. The van der Waals surface area contributed by atoms with Gasteiger partial charge in [-0.25, -0.2) is 0 Å². The molecule has 0 bridgehead atoms. The zero-order chi connectivity index (χ0) is 20.4.